The maximum atomic E-state index is 14.1. The van der Waals surface area contributed by atoms with Gasteiger partial charge in [0.15, 0.2) is 0 Å². The Bertz CT molecular complexity index is 872. The second-order valence-corrected chi connectivity index (χ2v) is 8.70. The van der Waals surface area contributed by atoms with Crippen molar-refractivity contribution in [1.82, 2.24) is 4.90 Å². The lowest BCUT2D eigenvalue weighted by Crippen LogP contribution is -2.33. The number of fused-ring (bicyclic) bond motifs is 1. The highest BCUT2D eigenvalue weighted by Crippen LogP contribution is 2.35. The van der Waals surface area contributed by atoms with Gasteiger partial charge in [-0.25, -0.2) is 4.39 Å². The third-order valence-corrected chi connectivity index (χ3v) is 6.56. The van der Waals surface area contributed by atoms with Crippen LogP contribution in [0.1, 0.15) is 48.3 Å². The topological polar surface area (TPSA) is 44.4 Å². The number of rotatable bonds is 4. The molecule has 2 N–H and O–H groups in total. The van der Waals surface area contributed by atoms with Crippen LogP contribution in [0.4, 0.5) is 15.8 Å². The van der Waals surface area contributed by atoms with Crippen LogP contribution in [0.5, 0.6) is 0 Å². The van der Waals surface area contributed by atoms with E-state index in [0.29, 0.717) is 23.9 Å². The lowest BCUT2D eigenvalue weighted by molar-refractivity contribution is -0.116. The molecule has 1 aliphatic carbocycles. The summed E-state index contributed by atoms with van der Waals surface area (Å²) in [5.74, 6) is 0.186. The van der Waals surface area contributed by atoms with E-state index in [9.17, 15) is 9.18 Å². The van der Waals surface area contributed by atoms with Crippen LogP contribution in [0.15, 0.2) is 36.4 Å². The van der Waals surface area contributed by atoms with Crippen molar-refractivity contribution < 1.29 is 9.18 Å². The summed E-state index contributed by atoms with van der Waals surface area (Å²) in [5.41, 5.74) is 4.45. The van der Waals surface area contributed by atoms with Crippen LogP contribution in [0.2, 0.25) is 0 Å². The molecule has 1 unspecified atom stereocenters. The van der Waals surface area contributed by atoms with Crippen LogP contribution in [-0.4, -0.2) is 37.0 Å². The van der Waals surface area contributed by atoms with Gasteiger partial charge < -0.3 is 15.5 Å². The largest absolute Gasteiger partial charge is 0.373 e. The number of aryl methyl sites for hydroxylation is 1. The fourth-order valence-corrected chi connectivity index (χ4v) is 4.75. The molecular weight excluding hydrogens is 365 g/mol. The first kappa shape index (κ1) is 19.9. The first-order valence-electron chi connectivity index (χ1n) is 10.5. The fraction of sp³-hybridized carbons (Fsp3) is 0.458. The molecule has 2 aromatic rings. The van der Waals surface area contributed by atoms with Gasteiger partial charge in [-0.1, -0.05) is 18.2 Å². The Balaban J connectivity index is 1.41. The molecule has 154 valence electrons. The molecule has 1 heterocycles. The number of hydrogen-bond donors (Lipinski definition) is 2. The van der Waals surface area contributed by atoms with Crippen molar-refractivity contribution in [3.63, 3.8) is 0 Å². The monoisotopic (exact) mass is 395 g/mol. The van der Waals surface area contributed by atoms with Gasteiger partial charge >= 0.3 is 0 Å². The van der Waals surface area contributed by atoms with Crippen LogP contribution in [0.25, 0.3) is 0 Å². The highest BCUT2D eigenvalue weighted by Gasteiger charge is 2.30. The first-order chi connectivity index (χ1) is 13.9. The number of hydrogen-bond acceptors (Lipinski definition) is 3. The van der Waals surface area contributed by atoms with Crippen molar-refractivity contribution in [3.05, 3.63) is 58.9 Å². The standard InChI is InChI=1S/C24H30FN3O/c1-15-7-12-21(25)20-14-22(27-23(15)20)24(29)26-18-6-4-5-17(13-18)16-8-10-19(11-9-16)28(2)3/h4-7,12-13,16,19,22,27H,8-11,14H2,1-3H3,(H,26,29). The number of nitrogens with one attached hydrogen (secondary N) is 2. The van der Waals surface area contributed by atoms with E-state index < -0.39 is 6.04 Å². The zero-order valence-corrected chi connectivity index (χ0v) is 17.5. The minimum absolute atomic E-state index is 0.117. The van der Waals surface area contributed by atoms with E-state index in [1.807, 2.05) is 19.1 Å². The summed E-state index contributed by atoms with van der Waals surface area (Å²) < 4.78 is 14.1. The second-order valence-electron chi connectivity index (χ2n) is 8.70. The van der Waals surface area contributed by atoms with Gasteiger partial charge in [-0.3, -0.25) is 4.79 Å². The lowest BCUT2D eigenvalue weighted by atomic mass is 9.81. The van der Waals surface area contributed by atoms with E-state index in [2.05, 4.69) is 41.8 Å². The van der Waals surface area contributed by atoms with Gasteiger partial charge in [0.05, 0.1) is 0 Å². The van der Waals surface area contributed by atoms with Gasteiger partial charge in [-0.05, 0) is 81.9 Å². The summed E-state index contributed by atoms with van der Waals surface area (Å²) in [6.07, 6.45) is 5.16. The van der Waals surface area contributed by atoms with Crippen molar-refractivity contribution in [3.8, 4) is 0 Å². The fourth-order valence-electron chi connectivity index (χ4n) is 4.75. The Morgan fingerprint density at radius 2 is 1.90 bits per heavy atom. The number of halogens is 1. The Labute approximate surface area is 172 Å². The average Bonchev–Trinajstić information content (AvgIpc) is 3.18. The zero-order chi connectivity index (χ0) is 20.5. The molecule has 4 nitrogen and oxygen atoms in total. The molecule has 2 aromatic carbocycles. The number of amides is 1. The summed E-state index contributed by atoms with van der Waals surface area (Å²) in [5, 5.41) is 6.23. The van der Waals surface area contributed by atoms with E-state index in [0.717, 1.165) is 16.9 Å². The van der Waals surface area contributed by atoms with Crippen molar-refractivity contribution in [1.29, 1.82) is 0 Å². The first-order valence-corrected chi connectivity index (χ1v) is 10.5. The molecule has 0 spiro atoms. The van der Waals surface area contributed by atoms with E-state index in [1.165, 1.54) is 37.3 Å². The molecule has 1 saturated carbocycles. The molecule has 0 bridgehead atoms. The molecule has 1 fully saturated rings. The van der Waals surface area contributed by atoms with Crippen LogP contribution in [-0.2, 0) is 11.2 Å². The third-order valence-electron chi connectivity index (χ3n) is 6.56. The average molecular weight is 396 g/mol. The molecule has 1 aliphatic heterocycles. The van der Waals surface area contributed by atoms with E-state index in [4.69, 9.17) is 0 Å². The highest BCUT2D eigenvalue weighted by atomic mass is 19.1. The van der Waals surface area contributed by atoms with Crippen molar-refractivity contribution in [2.24, 2.45) is 0 Å². The Hall–Kier alpha value is -2.40. The highest BCUT2D eigenvalue weighted by molar-refractivity contribution is 5.98. The van der Waals surface area contributed by atoms with Crippen LogP contribution in [0, 0.1) is 12.7 Å². The van der Waals surface area contributed by atoms with Crippen LogP contribution in [0.3, 0.4) is 0 Å². The predicted octanol–water partition coefficient (Wildman–Crippen LogP) is 4.70. The molecule has 29 heavy (non-hydrogen) atoms. The van der Waals surface area contributed by atoms with Crippen molar-refractivity contribution >= 4 is 17.3 Å². The van der Waals surface area contributed by atoms with Crippen molar-refractivity contribution in [2.45, 2.75) is 57.0 Å². The molecule has 4 rings (SSSR count). The smallest absolute Gasteiger partial charge is 0.247 e. The van der Waals surface area contributed by atoms with Crippen LogP contribution < -0.4 is 10.6 Å². The summed E-state index contributed by atoms with van der Waals surface area (Å²) in [6, 6.07) is 11.7. The Morgan fingerprint density at radius 1 is 1.14 bits per heavy atom. The number of nitrogens with zero attached hydrogens (tertiary/aromatic N) is 1. The number of carbonyl (C=O) groups excluding carboxylic acids is 1. The Morgan fingerprint density at radius 3 is 2.59 bits per heavy atom. The van der Waals surface area contributed by atoms with Gasteiger partial charge in [0, 0.05) is 29.4 Å². The maximum absolute atomic E-state index is 14.1. The number of carbonyl (C=O) groups is 1. The number of anilines is 2. The summed E-state index contributed by atoms with van der Waals surface area (Å²) in [7, 11) is 4.31. The molecule has 2 aliphatic rings. The molecule has 0 saturated heterocycles. The molecule has 5 heteroatoms. The molecule has 1 atom stereocenters. The predicted molar refractivity (Wildman–Crippen MR) is 116 cm³/mol. The summed E-state index contributed by atoms with van der Waals surface area (Å²) >= 11 is 0. The molecule has 1 amide bonds. The molecule has 0 radical (unpaired) electrons. The Kier molecular flexibility index (Phi) is 5.59. The van der Waals surface area contributed by atoms with Crippen LogP contribution >= 0.6 is 0 Å². The SMILES string of the molecule is Cc1ccc(F)c2c1NC(C(=O)Nc1cccc(C3CCC(N(C)C)CC3)c1)C2. The van der Waals surface area contributed by atoms with Gasteiger partial charge in [0.2, 0.25) is 5.91 Å². The molecule has 0 aromatic heterocycles. The minimum Gasteiger partial charge on any atom is -0.373 e. The minimum atomic E-state index is -0.445. The normalized spacial score (nSPS) is 23.6. The molecular formula is C24H30FN3O. The number of benzene rings is 2. The van der Waals surface area contributed by atoms with Gasteiger partial charge in [-0.2, -0.15) is 0 Å². The van der Waals surface area contributed by atoms with Crippen molar-refractivity contribution in [2.75, 3.05) is 24.7 Å². The van der Waals surface area contributed by atoms with E-state index in [-0.39, 0.29) is 11.7 Å². The second kappa shape index (κ2) is 8.15. The summed E-state index contributed by atoms with van der Waals surface area (Å²) in [6.45, 7) is 1.93. The lowest BCUT2D eigenvalue weighted by Gasteiger charge is -2.33. The van der Waals surface area contributed by atoms with E-state index >= 15 is 0 Å². The van der Waals surface area contributed by atoms with Gasteiger partial charge in [0.1, 0.15) is 11.9 Å². The zero-order valence-electron chi connectivity index (χ0n) is 17.5. The van der Waals surface area contributed by atoms with Gasteiger partial charge in [-0.15, -0.1) is 0 Å². The third kappa shape index (κ3) is 4.15. The van der Waals surface area contributed by atoms with E-state index in [1.54, 1.807) is 6.07 Å². The quantitative estimate of drug-likeness (QED) is 0.789. The van der Waals surface area contributed by atoms with Gasteiger partial charge in [0.25, 0.3) is 0 Å². The maximum Gasteiger partial charge on any atom is 0.247 e. The summed E-state index contributed by atoms with van der Waals surface area (Å²) in [4.78, 5) is 15.1.